The molecule has 3 heterocycles. The van der Waals surface area contributed by atoms with Crippen LogP contribution in [0.2, 0.25) is 0 Å². The Morgan fingerprint density at radius 2 is 1.48 bits per heavy atom. The standard InChI is InChI=1S/C24H17NOS/c1-26-16-12-10-15(11-13-16)21-14-22-24(27-21)19-8-4-2-6-17(19)23(25-22)18-7-3-5-9-20(18)24/h2-14,23H,1H3. The van der Waals surface area contributed by atoms with Gasteiger partial charge in [0.1, 0.15) is 16.5 Å². The van der Waals surface area contributed by atoms with Gasteiger partial charge in [-0.25, -0.2) is 0 Å². The third-order valence-electron chi connectivity index (χ3n) is 5.80. The van der Waals surface area contributed by atoms with Crippen molar-refractivity contribution in [1.29, 1.82) is 0 Å². The van der Waals surface area contributed by atoms with Gasteiger partial charge in [0, 0.05) is 4.91 Å². The number of rotatable bonds is 2. The van der Waals surface area contributed by atoms with E-state index < -0.39 is 0 Å². The number of aliphatic imine (C=N–C) groups is 1. The summed E-state index contributed by atoms with van der Waals surface area (Å²) in [5.41, 5.74) is 7.87. The van der Waals surface area contributed by atoms with Gasteiger partial charge in [-0.2, -0.15) is 0 Å². The molecule has 3 aromatic carbocycles. The summed E-state index contributed by atoms with van der Waals surface area (Å²) in [6.45, 7) is 0. The highest BCUT2D eigenvalue weighted by Gasteiger charge is 2.54. The van der Waals surface area contributed by atoms with Gasteiger partial charge in [0.2, 0.25) is 0 Å². The molecule has 3 aliphatic heterocycles. The lowest BCUT2D eigenvalue weighted by molar-refractivity contribution is 0.415. The number of hydrogen-bond acceptors (Lipinski definition) is 3. The summed E-state index contributed by atoms with van der Waals surface area (Å²) in [5, 5.41) is 0. The summed E-state index contributed by atoms with van der Waals surface area (Å²) in [5.74, 6) is 0.881. The fourth-order valence-electron chi connectivity index (χ4n) is 4.59. The van der Waals surface area contributed by atoms with Crippen LogP contribution in [0, 0.1) is 0 Å². The van der Waals surface area contributed by atoms with E-state index in [1.807, 2.05) is 23.9 Å². The number of hydrogen-bond donors (Lipinski definition) is 0. The second-order valence-electron chi connectivity index (χ2n) is 7.11. The Kier molecular flexibility index (Phi) is 3.04. The van der Waals surface area contributed by atoms with Gasteiger partial charge in [0.05, 0.1) is 12.8 Å². The molecule has 27 heavy (non-hydrogen) atoms. The molecule has 0 unspecified atom stereocenters. The van der Waals surface area contributed by atoms with E-state index in [4.69, 9.17) is 9.73 Å². The molecule has 0 saturated heterocycles. The van der Waals surface area contributed by atoms with E-state index in [9.17, 15) is 0 Å². The van der Waals surface area contributed by atoms with E-state index in [-0.39, 0.29) is 10.8 Å². The van der Waals surface area contributed by atoms with Crippen molar-refractivity contribution in [3.63, 3.8) is 0 Å². The molecule has 0 atom stereocenters. The summed E-state index contributed by atoms with van der Waals surface area (Å²) in [4.78, 5) is 6.46. The predicted molar refractivity (Wildman–Crippen MR) is 112 cm³/mol. The van der Waals surface area contributed by atoms with E-state index in [1.54, 1.807) is 7.11 Å². The van der Waals surface area contributed by atoms with Crippen LogP contribution in [0.1, 0.15) is 33.9 Å². The fraction of sp³-hybridized carbons (Fsp3) is 0.125. The van der Waals surface area contributed by atoms with Gasteiger partial charge in [-0.1, -0.05) is 60.7 Å². The molecule has 4 aliphatic rings. The third kappa shape index (κ3) is 1.90. The van der Waals surface area contributed by atoms with Crippen molar-refractivity contribution in [2.75, 3.05) is 7.11 Å². The molecule has 0 amide bonds. The lowest BCUT2D eigenvalue weighted by Crippen LogP contribution is -2.40. The molecule has 0 aromatic heterocycles. The Balaban J connectivity index is 1.56. The lowest BCUT2D eigenvalue weighted by Gasteiger charge is -2.44. The van der Waals surface area contributed by atoms with Crippen LogP contribution in [0.5, 0.6) is 5.75 Å². The number of benzene rings is 3. The van der Waals surface area contributed by atoms with Crippen molar-refractivity contribution in [2.45, 2.75) is 10.8 Å². The van der Waals surface area contributed by atoms with Crippen molar-refractivity contribution in [2.24, 2.45) is 4.99 Å². The minimum Gasteiger partial charge on any atom is -0.497 e. The minimum absolute atomic E-state index is 0.112. The zero-order valence-electron chi connectivity index (χ0n) is 14.8. The van der Waals surface area contributed by atoms with Crippen molar-refractivity contribution < 1.29 is 4.74 Å². The topological polar surface area (TPSA) is 21.6 Å². The summed E-state index contributed by atoms with van der Waals surface area (Å²) in [6.07, 6.45) is 2.28. The van der Waals surface area contributed by atoms with Crippen molar-refractivity contribution >= 4 is 22.4 Å². The third-order valence-corrected chi connectivity index (χ3v) is 7.33. The molecule has 7 rings (SSSR count). The average Bonchev–Trinajstić information content (AvgIpc) is 3.15. The van der Waals surface area contributed by atoms with E-state index >= 15 is 0 Å². The van der Waals surface area contributed by atoms with Gasteiger partial charge >= 0.3 is 0 Å². The lowest BCUT2D eigenvalue weighted by atomic mass is 9.70. The molecule has 0 radical (unpaired) electrons. The summed E-state index contributed by atoms with van der Waals surface area (Å²) < 4.78 is 5.09. The Bertz CT molecular complexity index is 1100. The highest BCUT2D eigenvalue weighted by molar-refractivity contribution is 8.10. The monoisotopic (exact) mass is 367 g/mol. The average molecular weight is 367 g/mol. The largest absolute Gasteiger partial charge is 0.497 e. The predicted octanol–water partition coefficient (Wildman–Crippen LogP) is 5.58. The van der Waals surface area contributed by atoms with E-state index in [2.05, 4.69) is 66.7 Å². The first-order valence-electron chi connectivity index (χ1n) is 9.13. The van der Waals surface area contributed by atoms with Crippen LogP contribution < -0.4 is 4.74 Å². The van der Waals surface area contributed by atoms with Gasteiger partial charge in [0.15, 0.2) is 0 Å². The van der Waals surface area contributed by atoms with Crippen LogP contribution in [0.4, 0.5) is 0 Å². The molecule has 0 N–H and O–H groups in total. The zero-order valence-corrected chi connectivity index (χ0v) is 15.7. The molecule has 0 fully saturated rings. The molecule has 1 spiro atoms. The van der Waals surface area contributed by atoms with Gasteiger partial charge in [0.25, 0.3) is 0 Å². The Labute approximate surface area is 162 Å². The first-order valence-corrected chi connectivity index (χ1v) is 9.95. The van der Waals surface area contributed by atoms with Gasteiger partial charge in [-0.3, -0.25) is 4.99 Å². The summed E-state index contributed by atoms with van der Waals surface area (Å²) >= 11 is 1.92. The number of ether oxygens (including phenoxy) is 1. The van der Waals surface area contributed by atoms with E-state index in [0.717, 1.165) is 5.75 Å². The number of thioether (sulfide) groups is 1. The SMILES string of the molecule is COc1ccc(C2=CC3=NC4c5ccccc5C3(S2)c2ccccc24)cc1. The maximum absolute atomic E-state index is 5.32. The Hall–Kier alpha value is -2.78. The molecular weight excluding hydrogens is 350 g/mol. The summed E-state index contributed by atoms with van der Waals surface area (Å²) in [6, 6.07) is 26.0. The minimum atomic E-state index is -0.225. The first-order chi connectivity index (χ1) is 13.3. The highest BCUT2D eigenvalue weighted by atomic mass is 32.2. The van der Waals surface area contributed by atoms with E-state index in [0.29, 0.717) is 0 Å². The molecule has 0 saturated carbocycles. The molecule has 2 nitrogen and oxygen atoms in total. The molecule has 1 aliphatic carbocycles. The van der Waals surface area contributed by atoms with Crippen LogP contribution >= 0.6 is 11.8 Å². The molecule has 3 aromatic rings. The second-order valence-corrected chi connectivity index (χ2v) is 8.37. The van der Waals surface area contributed by atoms with Crippen LogP contribution in [-0.4, -0.2) is 12.8 Å². The fourth-order valence-corrected chi connectivity index (χ4v) is 6.15. The highest BCUT2D eigenvalue weighted by Crippen LogP contribution is 2.63. The van der Waals surface area contributed by atoms with Gasteiger partial charge < -0.3 is 4.74 Å². The van der Waals surface area contributed by atoms with Crippen molar-refractivity contribution in [3.05, 3.63) is 107 Å². The number of allylic oxidation sites excluding steroid dienone is 1. The zero-order chi connectivity index (χ0) is 18.0. The van der Waals surface area contributed by atoms with Crippen LogP contribution in [-0.2, 0) is 4.75 Å². The normalized spacial score (nSPS) is 23.8. The van der Waals surface area contributed by atoms with Crippen LogP contribution in [0.15, 0.2) is 83.9 Å². The first kappa shape index (κ1) is 15.3. The molecular formula is C24H17NOS. The second kappa shape index (κ2) is 5.37. The Morgan fingerprint density at radius 3 is 2.11 bits per heavy atom. The smallest absolute Gasteiger partial charge is 0.118 e. The van der Waals surface area contributed by atoms with E-state index in [1.165, 1.54) is 38.4 Å². The van der Waals surface area contributed by atoms with Crippen molar-refractivity contribution in [3.8, 4) is 5.75 Å². The quantitative estimate of drug-likeness (QED) is 0.589. The number of nitrogens with zero attached hydrogens (tertiary/aromatic N) is 1. The molecule has 3 heteroatoms. The molecule has 2 bridgehead atoms. The van der Waals surface area contributed by atoms with Gasteiger partial charge in [-0.05, 0) is 46.0 Å². The maximum Gasteiger partial charge on any atom is 0.118 e. The molecule has 130 valence electrons. The van der Waals surface area contributed by atoms with Crippen molar-refractivity contribution in [1.82, 2.24) is 0 Å². The Morgan fingerprint density at radius 1 is 0.852 bits per heavy atom. The number of methoxy groups -OCH3 is 1. The van der Waals surface area contributed by atoms with Crippen LogP contribution in [0.3, 0.4) is 0 Å². The van der Waals surface area contributed by atoms with Gasteiger partial charge in [-0.15, -0.1) is 11.8 Å². The van der Waals surface area contributed by atoms with Crippen LogP contribution in [0.25, 0.3) is 4.91 Å². The maximum atomic E-state index is 5.32. The summed E-state index contributed by atoms with van der Waals surface area (Å²) in [7, 11) is 1.70.